The van der Waals surface area contributed by atoms with E-state index in [0.29, 0.717) is 21.6 Å². The third-order valence-electron chi connectivity index (χ3n) is 3.59. The quantitative estimate of drug-likeness (QED) is 0.678. The molecule has 0 unspecified atom stereocenters. The van der Waals surface area contributed by atoms with E-state index in [2.05, 4.69) is 26.8 Å². The van der Waals surface area contributed by atoms with Crippen LogP contribution in [0.5, 0.6) is 0 Å². The topological polar surface area (TPSA) is 78.9 Å². The zero-order chi connectivity index (χ0) is 16.2. The van der Waals surface area contributed by atoms with E-state index in [1.807, 2.05) is 4.57 Å². The van der Waals surface area contributed by atoms with Crippen molar-refractivity contribution in [1.82, 2.24) is 14.8 Å². The molecule has 118 valence electrons. The molecule has 0 radical (unpaired) electrons. The molecule has 0 saturated carbocycles. The fraction of sp³-hybridized carbons (Fsp3) is 0.333. The fourth-order valence-corrected chi connectivity index (χ4v) is 3.05. The number of aryl methyl sites for hydroxylation is 1. The highest BCUT2D eigenvalue weighted by Gasteiger charge is 2.18. The second kappa shape index (κ2) is 6.99. The van der Waals surface area contributed by atoms with Crippen LogP contribution >= 0.6 is 23.2 Å². The van der Waals surface area contributed by atoms with Crippen LogP contribution in [0.25, 0.3) is 0 Å². The van der Waals surface area contributed by atoms with Crippen molar-refractivity contribution in [3.05, 3.63) is 39.9 Å². The normalized spacial score (nSPS) is 14.7. The Bertz CT molecular complexity index is 770. The fourth-order valence-electron chi connectivity index (χ4n) is 2.52. The Kier molecular flexibility index (Phi) is 4.79. The van der Waals surface area contributed by atoms with Crippen LogP contribution in [0.4, 0.5) is 5.69 Å². The molecule has 0 fully saturated rings. The van der Waals surface area contributed by atoms with Gasteiger partial charge in [-0.1, -0.05) is 29.6 Å². The van der Waals surface area contributed by atoms with Gasteiger partial charge in [0.25, 0.3) is 0 Å². The van der Waals surface area contributed by atoms with E-state index < -0.39 is 0 Å². The predicted molar refractivity (Wildman–Crippen MR) is 89.8 cm³/mol. The smallest absolute Gasteiger partial charge is 0.205 e. The Balaban J connectivity index is 1.88. The van der Waals surface area contributed by atoms with Gasteiger partial charge >= 0.3 is 0 Å². The summed E-state index contributed by atoms with van der Waals surface area (Å²) in [5.41, 5.74) is 3.59. The van der Waals surface area contributed by atoms with Gasteiger partial charge in [0.1, 0.15) is 11.9 Å². The van der Waals surface area contributed by atoms with Crippen LogP contribution in [0, 0.1) is 11.3 Å². The number of nitriles is 1. The Morgan fingerprint density at radius 2 is 1.96 bits per heavy atom. The largest absolute Gasteiger partial charge is 0.309 e. The standard InChI is InChI=1S/C15H14Cl2N6/c16-10-6-11(17)8-12(7-10)19-20-13(9-18)15-22-21-14-4-2-1-3-5-23(14)15/h6-8,19H,1-5H2/b20-13-. The number of benzene rings is 1. The molecule has 1 N–H and O–H groups in total. The van der Waals surface area contributed by atoms with E-state index in [0.717, 1.165) is 38.1 Å². The van der Waals surface area contributed by atoms with E-state index in [4.69, 9.17) is 23.2 Å². The van der Waals surface area contributed by atoms with Gasteiger partial charge in [0.05, 0.1) is 5.69 Å². The molecule has 1 aromatic carbocycles. The molecular weight excluding hydrogens is 335 g/mol. The van der Waals surface area contributed by atoms with E-state index in [9.17, 15) is 5.26 Å². The summed E-state index contributed by atoms with van der Waals surface area (Å²) in [6, 6.07) is 7.05. The lowest BCUT2D eigenvalue weighted by atomic mass is 10.2. The number of anilines is 1. The van der Waals surface area contributed by atoms with E-state index >= 15 is 0 Å². The molecule has 1 aliphatic heterocycles. The first-order valence-corrected chi connectivity index (χ1v) is 8.05. The van der Waals surface area contributed by atoms with Gasteiger partial charge in [-0.2, -0.15) is 10.4 Å². The maximum absolute atomic E-state index is 9.40. The number of fused-ring (bicyclic) bond motifs is 1. The monoisotopic (exact) mass is 348 g/mol. The van der Waals surface area contributed by atoms with E-state index in [1.54, 1.807) is 18.2 Å². The number of halogens is 2. The minimum absolute atomic E-state index is 0.182. The number of nitrogens with zero attached hydrogens (tertiary/aromatic N) is 5. The van der Waals surface area contributed by atoms with Crippen LogP contribution in [0.3, 0.4) is 0 Å². The molecule has 0 amide bonds. The molecule has 2 heterocycles. The van der Waals surface area contributed by atoms with Gasteiger partial charge in [0.2, 0.25) is 5.71 Å². The van der Waals surface area contributed by atoms with E-state index in [-0.39, 0.29) is 5.71 Å². The summed E-state index contributed by atoms with van der Waals surface area (Å²) < 4.78 is 1.97. The first kappa shape index (κ1) is 15.8. The summed E-state index contributed by atoms with van der Waals surface area (Å²) in [5.74, 6) is 1.40. The van der Waals surface area contributed by atoms with Crippen molar-refractivity contribution in [2.24, 2.45) is 5.10 Å². The van der Waals surface area contributed by atoms with Crippen LogP contribution < -0.4 is 5.43 Å². The Morgan fingerprint density at radius 1 is 1.17 bits per heavy atom. The highest BCUT2D eigenvalue weighted by Crippen LogP contribution is 2.22. The molecule has 1 aromatic heterocycles. The lowest BCUT2D eigenvalue weighted by molar-refractivity contribution is 0.628. The Hall–Kier alpha value is -2.10. The first-order chi connectivity index (χ1) is 11.2. The van der Waals surface area contributed by atoms with Crippen LogP contribution in [0.15, 0.2) is 23.3 Å². The number of hydrazone groups is 1. The third-order valence-corrected chi connectivity index (χ3v) is 4.02. The van der Waals surface area contributed by atoms with Crippen LogP contribution in [0.1, 0.15) is 30.9 Å². The van der Waals surface area contributed by atoms with Gasteiger partial charge in [-0.25, -0.2) is 0 Å². The first-order valence-electron chi connectivity index (χ1n) is 7.30. The van der Waals surface area contributed by atoms with Crippen LogP contribution in [-0.4, -0.2) is 20.5 Å². The number of aromatic nitrogens is 3. The van der Waals surface area contributed by atoms with Crippen molar-refractivity contribution >= 4 is 34.6 Å². The molecule has 2 aromatic rings. The summed E-state index contributed by atoms with van der Waals surface area (Å²) in [6.07, 6.45) is 4.18. The van der Waals surface area contributed by atoms with Crippen molar-refractivity contribution in [2.75, 3.05) is 5.43 Å². The van der Waals surface area contributed by atoms with Crippen molar-refractivity contribution in [3.63, 3.8) is 0 Å². The minimum atomic E-state index is 0.182. The highest BCUT2D eigenvalue weighted by atomic mass is 35.5. The Labute approximate surface area is 143 Å². The molecule has 1 aliphatic rings. The molecule has 6 nitrogen and oxygen atoms in total. The number of nitrogens with one attached hydrogen (secondary N) is 1. The van der Waals surface area contributed by atoms with Gasteiger partial charge in [-0.15, -0.1) is 10.2 Å². The maximum atomic E-state index is 9.40. The van der Waals surface area contributed by atoms with Gasteiger partial charge in [-0.05, 0) is 31.0 Å². The zero-order valence-corrected chi connectivity index (χ0v) is 13.8. The minimum Gasteiger partial charge on any atom is -0.309 e. The lowest BCUT2D eigenvalue weighted by Crippen LogP contribution is -2.12. The van der Waals surface area contributed by atoms with Crippen molar-refractivity contribution in [3.8, 4) is 6.07 Å². The molecule has 8 heteroatoms. The lowest BCUT2D eigenvalue weighted by Gasteiger charge is -2.06. The zero-order valence-electron chi connectivity index (χ0n) is 12.3. The second-order valence-electron chi connectivity index (χ2n) is 5.24. The van der Waals surface area contributed by atoms with Crippen molar-refractivity contribution < 1.29 is 0 Å². The summed E-state index contributed by atoms with van der Waals surface area (Å²) in [7, 11) is 0. The van der Waals surface area contributed by atoms with Crippen molar-refractivity contribution in [1.29, 1.82) is 5.26 Å². The predicted octanol–water partition coefficient (Wildman–Crippen LogP) is 3.65. The average molecular weight is 349 g/mol. The van der Waals surface area contributed by atoms with E-state index in [1.165, 1.54) is 0 Å². The van der Waals surface area contributed by atoms with Crippen LogP contribution in [0.2, 0.25) is 10.0 Å². The molecular formula is C15H14Cl2N6. The third kappa shape index (κ3) is 3.63. The summed E-state index contributed by atoms with van der Waals surface area (Å²) in [6.45, 7) is 0.807. The molecule has 0 bridgehead atoms. The van der Waals surface area contributed by atoms with Crippen molar-refractivity contribution in [2.45, 2.75) is 32.2 Å². The number of hydrogen-bond donors (Lipinski definition) is 1. The van der Waals surface area contributed by atoms with Gasteiger partial charge < -0.3 is 4.57 Å². The number of hydrogen-bond acceptors (Lipinski definition) is 5. The molecule has 0 atom stereocenters. The van der Waals surface area contributed by atoms with Gasteiger partial charge in [0.15, 0.2) is 5.82 Å². The van der Waals surface area contributed by atoms with Crippen LogP contribution in [-0.2, 0) is 13.0 Å². The molecule has 0 aliphatic carbocycles. The maximum Gasteiger partial charge on any atom is 0.205 e. The number of rotatable bonds is 3. The van der Waals surface area contributed by atoms with Gasteiger partial charge in [-0.3, -0.25) is 5.43 Å². The second-order valence-corrected chi connectivity index (χ2v) is 6.12. The molecule has 0 spiro atoms. The Morgan fingerprint density at radius 3 is 2.70 bits per heavy atom. The van der Waals surface area contributed by atoms with Gasteiger partial charge in [0, 0.05) is 23.0 Å². The highest BCUT2D eigenvalue weighted by molar-refractivity contribution is 6.35. The average Bonchev–Trinajstić information content (AvgIpc) is 2.76. The molecule has 23 heavy (non-hydrogen) atoms. The SMILES string of the molecule is N#C/C(=N/Nc1cc(Cl)cc(Cl)c1)c1nnc2n1CCCCC2. The summed E-state index contributed by atoms with van der Waals surface area (Å²) >= 11 is 11.9. The summed E-state index contributed by atoms with van der Waals surface area (Å²) in [5, 5.41) is 22.8. The molecule has 3 rings (SSSR count). The summed E-state index contributed by atoms with van der Waals surface area (Å²) in [4.78, 5) is 0. The molecule has 0 saturated heterocycles.